The van der Waals surface area contributed by atoms with Gasteiger partial charge in [-0.05, 0) is 24.6 Å². The van der Waals surface area contributed by atoms with Crippen molar-refractivity contribution in [3.8, 4) is 17.2 Å². The molecule has 0 aliphatic rings. The third-order valence-corrected chi connectivity index (χ3v) is 2.94. The molecule has 0 spiro atoms. The number of ether oxygens (including phenoxy) is 3. The third-order valence-electron chi connectivity index (χ3n) is 2.94. The average Bonchev–Trinajstić information content (AvgIpc) is 2.50. The number of hydrogen-bond donors (Lipinski definition) is 2. The summed E-state index contributed by atoms with van der Waals surface area (Å²) < 4.78 is 15.6. The van der Waals surface area contributed by atoms with Gasteiger partial charge < -0.3 is 25.3 Å². The van der Waals surface area contributed by atoms with Gasteiger partial charge in [-0.1, -0.05) is 6.92 Å². The number of nitrogens with two attached hydrogens (primary N) is 1. The first-order valence-electron chi connectivity index (χ1n) is 6.35. The summed E-state index contributed by atoms with van der Waals surface area (Å²) in [6, 6.07) is 3.23. The van der Waals surface area contributed by atoms with Crippen LogP contribution in [0.2, 0.25) is 0 Å². The zero-order chi connectivity index (χ0) is 15.1. The zero-order valence-corrected chi connectivity index (χ0v) is 13.6. The first-order chi connectivity index (χ1) is 9.57. The number of rotatable bonds is 7. The van der Waals surface area contributed by atoms with Gasteiger partial charge in [0.15, 0.2) is 11.5 Å². The molecule has 21 heavy (non-hydrogen) atoms. The van der Waals surface area contributed by atoms with E-state index < -0.39 is 0 Å². The van der Waals surface area contributed by atoms with E-state index >= 15 is 0 Å². The molecule has 0 radical (unpaired) electrons. The second kappa shape index (κ2) is 9.31. The van der Waals surface area contributed by atoms with E-state index in [4.69, 9.17) is 19.9 Å². The molecular weight excluding hydrogens is 296 g/mol. The summed E-state index contributed by atoms with van der Waals surface area (Å²) in [4.78, 5) is 12.1. The van der Waals surface area contributed by atoms with Crippen LogP contribution in [-0.4, -0.2) is 40.3 Å². The highest BCUT2D eigenvalue weighted by Gasteiger charge is 2.17. The van der Waals surface area contributed by atoms with E-state index in [1.807, 2.05) is 6.92 Å². The summed E-state index contributed by atoms with van der Waals surface area (Å²) in [6.07, 6.45) is 0. The maximum atomic E-state index is 12.1. The van der Waals surface area contributed by atoms with Crippen LogP contribution >= 0.6 is 12.4 Å². The van der Waals surface area contributed by atoms with Gasteiger partial charge in [-0.3, -0.25) is 4.79 Å². The van der Waals surface area contributed by atoms with E-state index in [9.17, 15) is 4.79 Å². The van der Waals surface area contributed by atoms with Crippen molar-refractivity contribution in [2.24, 2.45) is 11.7 Å². The van der Waals surface area contributed by atoms with Gasteiger partial charge >= 0.3 is 0 Å². The fraction of sp³-hybridized carbons (Fsp3) is 0.500. The summed E-state index contributed by atoms with van der Waals surface area (Å²) in [5, 5.41) is 2.82. The minimum atomic E-state index is -0.204. The molecule has 0 saturated carbocycles. The number of carbonyl (C=O) groups is 1. The highest BCUT2D eigenvalue weighted by atomic mass is 35.5. The highest BCUT2D eigenvalue weighted by molar-refractivity contribution is 5.95. The fourth-order valence-electron chi connectivity index (χ4n) is 1.66. The van der Waals surface area contributed by atoms with Crippen molar-refractivity contribution >= 4 is 18.3 Å². The number of halogens is 1. The molecule has 0 aliphatic carbocycles. The lowest BCUT2D eigenvalue weighted by molar-refractivity contribution is 0.0947. The van der Waals surface area contributed by atoms with Crippen molar-refractivity contribution < 1.29 is 19.0 Å². The van der Waals surface area contributed by atoms with Gasteiger partial charge in [0.2, 0.25) is 5.75 Å². The Labute approximate surface area is 131 Å². The van der Waals surface area contributed by atoms with Crippen molar-refractivity contribution in [3.63, 3.8) is 0 Å². The topological polar surface area (TPSA) is 82.8 Å². The van der Waals surface area contributed by atoms with E-state index in [1.54, 1.807) is 12.1 Å². The van der Waals surface area contributed by atoms with Gasteiger partial charge in [0.25, 0.3) is 5.91 Å². The molecule has 1 aromatic carbocycles. The lowest BCUT2D eigenvalue weighted by atomic mass is 10.1. The molecule has 0 bridgehead atoms. The molecule has 1 unspecified atom stereocenters. The molecule has 1 atom stereocenters. The molecule has 1 amide bonds. The number of methoxy groups -OCH3 is 3. The van der Waals surface area contributed by atoms with E-state index in [0.717, 1.165) is 0 Å². The second-order valence-corrected chi connectivity index (χ2v) is 4.46. The second-order valence-electron chi connectivity index (χ2n) is 4.46. The third kappa shape index (κ3) is 4.99. The smallest absolute Gasteiger partial charge is 0.251 e. The van der Waals surface area contributed by atoms with E-state index in [1.165, 1.54) is 21.3 Å². The van der Waals surface area contributed by atoms with Gasteiger partial charge in [0, 0.05) is 12.1 Å². The Kier molecular flexibility index (Phi) is 8.57. The van der Waals surface area contributed by atoms with Crippen LogP contribution in [0.5, 0.6) is 17.2 Å². The van der Waals surface area contributed by atoms with Crippen molar-refractivity contribution in [2.45, 2.75) is 6.92 Å². The van der Waals surface area contributed by atoms with E-state index in [0.29, 0.717) is 35.9 Å². The summed E-state index contributed by atoms with van der Waals surface area (Å²) in [5.41, 5.74) is 5.97. The molecule has 7 heteroatoms. The SMILES string of the molecule is COc1cc(C(=O)NCC(C)CN)cc(OC)c1OC.Cl. The van der Waals surface area contributed by atoms with Crippen LogP contribution in [0.25, 0.3) is 0 Å². The molecular formula is C14H23ClN2O4. The van der Waals surface area contributed by atoms with Crippen LogP contribution in [0.1, 0.15) is 17.3 Å². The van der Waals surface area contributed by atoms with Crippen LogP contribution in [0.15, 0.2) is 12.1 Å². The van der Waals surface area contributed by atoms with Gasteiger partial charge in [0.1, 0.15) is 0 Å². The number of amides is 1. The molecule has 0 saturated heterocycles. The van der Waals surface area contributed by atoms with Crippen molar-refractivity contribution in [1.82, 2.24) is 5.32 Å². The quantitative estimate of drug-likeness (QED) is 0.795. The largest absolute Gasteiger partial charge is 0.493 e. The summed E-state index contributed by atoms with van der Waals surface area (Å²) in [6.45, 7) is 3.01. The maximum absolute atomic E-state index is 12.1. The molecule has 0 aromatic heterocycles. The molecule has 1 rings (SSSR count). The van der Waals surface area contributed by atoms with Crippen molar-refractivity contribution in [2.75, 3.05) is 34.4 Å². The summed E-state index contributed by atoms with van der Waals surface area (Å²) in [7, 11) is 4.54. The first-order valence-corrected chi connectivity index (χ1v) is 6.35. The standard InChI is InChI=1S/C14H22N2O4.ClH/c1-9(7-15)8-16-14(17)10-5-11(18-2)13(20-4)12(6-10)19-3;/h5-6,9H,7-8,15H2,1-4H3,(H,16,17);1H. The molecule has 0 heterocycles. The molecule has 0 fully saturated rings. The van der Waals surface area contributed by atoms with Crippen LogP contribution < -0.4 is 25.3 Å². The van der Waals surface area contributed by atoms with Crippen LogP contribution in [0.4, 0.5) is 0 Å². The Morgan fingerprint density at radius 1 is 1.19 bits per heavy atom. The Bertz CT molecular complexity index is 443. The maximum Gasteiger partial charge on any atom is 0.251 e. The number of hydrogen-bond acceptors (Lipinski definition) is 5. The van der Waals surface area contributed by atoms with Crippen LogP contribution in [-0.2, 0) is 0 Å². The monoisotopic (exact) mass is 318 g/mol. The van der Waals surface area contributed by atoms with E-state index in [-0.39, 0.29) is 24.2 Å². The fourth-order valence-corrected chi connectivity index (χ4v) is 1.66. The number of carbonyl (C=O) groups excluding carboxylic acids is 1. The van der Waals surface area contributed by atoms with Gasteiger partial charge in [0.05, 0.1) is 21.3 Å². The first kappa shape index (κ1) is 19.3. The lowest BCUT2D eigenvalue weighted by Crippen LogP contribution is -2.31. The predicted molar refractivity (Wildman–Crippen MR) is 83.9 cm³/mol. The Morgan fingerprint density at radius 3 is 2.10 bits per heavy atom. The van der Waals surface area contributed by atoms with E-state index in [2.05, 4.69) is 5.32 Å². The van der Waals surface area contributed by atoms with Gasteiger partial charge in [-0.15, -0.1) is 12.4 Å². The summed E-state index contributed by atoms with van der Waals surface area (Å²) in [5.74, 6) is 1.38. The minimum absolute atomic E-state index is 0. The predicted octanol–water partition coefficient (Wildman–Crippen LogP) is 1.46. The zero-order valence-electron chi connectivity index (χ0n) is 12.8. The molecule has 6 nitrogen and oxygen atoms in total. The Morgan fingerprint density at radius 2 is 1.71 bits per heavy atom. The molecule has 3 N–H and O–H groups in total. The highest BCUT2D eigenvalue weighted by Crippen LogP contribution is 2.38. The van der Waals surface area contributed by atoms with Crippen LogP contribution in [0.3, 0.4) is 0 Å². The lowest BCUT2D eigenvalue weighted by Gasteiger charge is -2.15. The Balaban J connectivity index is 0.00000400. The molecule has 120 valence electrons. The molecule has 1 aromatic rings. The van der Waals surface area contributed by atoms with Crippen molar-refractivity contribution in [3.05, 3.63) is 17.7 Å². The Hall–Kier alpha value is -1.66. The average molecular weight is 319 g/mol. The number of nitrogens with one attached hydrogen (secondary N) is 1. The summed E-state index contributed by atoms with van der Waals surface area (Å²) >= 11 is 0. The normalized spacial score (nSPS) is 11.1. The van der Waals surface area contributed by atoms with Gasteiger partial charge in [-0.25, -0.2) is 0 Å². The van der Waals surface area contributed by atoms with Gasteiger partial charge in [-0.2, -0.15) is 0 Å². The number of benzene rings is 1. The molecule has 0 aliphatic heterocycles. The van der Waals surface area contributed by atoms with Crippen molar-refractivity contribution in [1.29, 1.82) is 0 Å². The minimum Gasteiger partial charge on any atom is -0.493 e. The van der Waals surface area contributed by atoms with Crippen LogP contribution in [0, 0.1) is 5.92 Å².